The van der Waals surface area contributed by atoms with Crippen LogP contribution in [0.3, 0.4) is 0 Å². The molecule has 30 heavy (non-hydrogen) atoms. The molecule has 0 saturated carbocycles. The van der Waals surface area contributed by atoms with Crippen LogP contribution < -0.4 is 4.90 Å². The highest BCUT2D eigenvalue weighted by Crippen LogP contribution is 2.41. The maximum atomic E-state index is 12.8. The van der Waals surface area contributed by atoms with E-state index in [4.69, 9.17) is 11.6 Å². The highest BCUT2D eigenvalue weighted by molar-refractivity contribution is 6.33. The average Bonchev–Trinajstić information content (AvgIpc) is 3.31. The number of hydrogen-bond donors (Lipinski definition) is 0. The Morgan fingerprint density at radius 2 is 2.00 bits per heavy atom. The maximum absolute atomic E-state index is 12.8. The number of aromatic nitrogens is 4. The Bertz CT molecular complexity index is 1110. The number of fused-ring (bicyclic) bond motifs is 1. The molecule has 7 nitrogen and oxygen atoms in total. The number of halogens is 3. The molecule has 0 N–H and O–H groups in total. The number of anilines is 1. The molecule has 3 aromatic rings. The third-order valence-corrected chi connectivity index (χ3v) is 6.18. The summed E-state index contributed by atoms with van der Waals surface area (Å²) in [6.45, 7) is 2.32. The fourth-order valence-electron chi connectivity index (χ4n) is 4.36. The van der Waals surface area contributed by atoms with Gasteiger partial charge in [0.1, 0.15) is 17.9 Å². The predicted molar refractivity (Wildman–Crippen MR) is 108 cm³/mol. The van der Waals surface area contributed by atoms with E-state index in [9.17, 15) is 13.6 Å². The number of alkyl halides is 2. The van der Waals surface area contributed by atoms with Crippen LogP contribution in [0.2, 0.25) is 5.02 Å². The van der Waals surface area contributed by atoms with Crippen molar-refractivity contribution in [3.8, 4) is 0 Å². The Kier molecular flexibility index (Phi) is 4.57. The Balaban J connectivity index is 1.29. The van der Waals surface area contributed by atoms with E-state index < -0.39 is 13.0 Å². The van der Waals surface area contributed by atoms with Crippen molar-refractivity contribution in [2.24, 2.45) is 5.41 Å². The van der Waals surface area contributed by atoms with E-state index in [1.54, 1.807) is 30.5 Å². The fourth-order valence-corrected chi connectivity index (χ4v) is 4.57. The molecule has 2 aromatic heterocycles. The molecule has 1 amide bonds. The number of carbonyl (C=O) groups excluding carboxylic acids is 1. The Morgan fingerprint density at radius 3 is 2.77 bits per heavy atom. The zero-order valence-electron chi connectivity index (χ0n) is 16.0. The quantitative estimate of drug-likeness (QED) is 0.633. The molecular formula is C20H19ClF2N6O. The number of likely N-dealkylation sites (tertiary alicyclic amines) is 1. The van der Waals surface area contributed by atoms with Crippen LogP contribution in [0, 0.1) is 5.41 Å². The van der Waals surface area contributed by atoms with Crippen molar-refractivity contribution in [2.45, 2.75) is 19.4 Å². The molecule has 5 rings (SSSR count). The normalized spacial score (nSPS) is 17.9. The van der Waals surface area contributed by atoms with Crippen LogP contribution >= 0.6 is 11.6 Å². The van der Waals surface area contributed by atoms with Gasteiger partial charge >= 0.3 is 0 Å². The number of nitrogens with zero attached hydrogens (tertiary/aromatic N) is 6. The van der Waals surface area contributed by atoms with E-state index >= 15 is 0 Å². The first-order chi connectivity index (χ1) is 14.4. The number of rotatable bonds is 4. The summed E-state index contributed by atoms with van der Waals surface area (Å²) in [6.07, 6.45) is 1.52. The topological polar surface area (TPSA) is 67.2 Å². The van der Waals surface area contributed by atoms with Crippen LogP contribution in [0.25, 0.3) is 11.2 Å². The van der Waals surface area contributed by atoms with Crippen LogP contribution in [0.15, 0.2) is 36.7 Å². The van der Waals surface area contributed by atoms with E-state index in [1.165, 1.54) is 10.9 Å². The van der Waals surface area contributed by atoms with Crippen molar-refractivity contribution in [2.75, 3.05) is 31.1 Å². The van der Waals surface area contributed by atoms with Gasteiger partial charge in [0.15, 0.2) is 5.65 Å². The predicted octanol–water partition coefficient (Wildman–Crippen LogP) is 3.10. The van der Waals surface area contributed by atoms with Gasteiger partial charge in [0.25, 0.3) is 12.3 Å². The summed E-state index contributed by atoms with van der Waals surface area (Å²) in [5.74, 6) is 0.591. The van der Waals surface area contributed by atoms with Crippen LogP contribution in [-0.4, -0.2) is 63.2 Å². The van der Waals surface area contributed by atoms with Gasteiger partial charge in [-0.25, -0.2) is 23.4 Å². The Labute approximate surface area is 176 Å². The van der Waals surface area contributed by atoms with Crippen LogP contribution in [-0.2, 0) is 6.54 Å². The standard InChI is InChI=1S/C20H19ClF2N6O/c21-14-4-2-1-3-13(14)19(30)28-11-20(12-28)5-6-27(10-20)17-8-24-15-7-25-29(9-16(22)23)18(15)26-17/h1-4,7-8,16H,5-6,9-12H2. The fraction of sp³-hybridized carbons (Fsp3) is 0.400. The lowest BCUT2D eigenvalue weighted by Gasteiger charge is -2.48. The molecule has 2 aliphatic rings. The number of hydrogen-bond acceptors (Lipinski definition) is 5. The van der Waals surface area contributed by atoms with Gasteiger partial charge in [0.2, 0.25) is 0 Å². The molecule has 0 radical (unpaired) electrons. The van der Waals surface area contributed by atoms with E-state index in [1.807, 2.05) is 4.90 Å². The monoisotopic (exact) mass is 432 g/mol. The summed E-state index contributed by atoms with van der Waals surface area (Å²) in [7, 11) is 0. The van der Waals surface area contributed by atoms with Crippen molar-refractivity contribution in [3.05, 3.63) is 47.2 Å². The van der Waals surface area contributed by atoms with Gasteiger partial charge in [-0.05, 0) is 18.6 Å². The minimum absolute atomic E-state index is 0.0107. The zero-order chi connectivity index (χ0) is 20.9. The Morgan fingerprint density at radius 1 is 1.20 bits per heavy atom. The SMILES string of the molecule is O=C(c1ccccc1Cl)N1CC2(CCN(c3cnc4cnn(CC(F)F)c4n3)C2)C1. The van der Waals surface area contributed by atoms with E-state index in [0.717, 1.165) is 19.5 Å². The van der Waals surface area contributed by atoms with Crippen molar-refractivity contribution >= 4 is 34.5 Å². The van der Waals surface area contributed by atoms with Gasteiger partial charge in [0.05, 0.1) is 23.0 Å². The van der Waals surface area contributed by atoms with Crippen molar-refractivity contribution in [1.82, 2.24) is 24.6 Å². The first-order valence-electron chi connectivity index (χ1n) is 9.70. The zero-order valence-corrected chi connectivity index (χ0v) is 16.8. The average molecular weight is 433 g/mol. The van der Waals surface area contributed by atoms with E-state index in [-0.39, 0.29) is 11.3 Å². The Hall–Kier alpha value is -2.81. The summed E-state index contributed by atoms with van der Waals surface area (Å²) in [5, 5.41) is 4.42. The molecule has 156 valence electrons. The van der Waals surface area contributed by atoms with Gasteiger partial charge in [-0.2, -0.15) is 5.10 Å². The minimum Gasteiger partial charge on any atom is -0.355 e. The molecule has 2 aliphatic heterocycles. The smallest absolute Gasteiger partial charge is 0.258 e. The number of carbonyl (C=O) groups is 1. The first-order valence-corrected chi connectivity index (χ1v) is 10.1. The second-order valence-electron chi connectivity index (χ2n) is 7.97. The summed E-state index contributed by atoms with van der Waals surface area (Å²) >= 11 is 6.16. The lowest BCUT2D eigenvalue weighted by atomic mass is 9.78. The summed E-state index contributed by atoms with van der Waals surface area (Å²) in [4.78, 5) is 25.5. The molecule has 0 atom stereocenters. The van der Waals surface area contributed by atoms with Gasteiger partial charge in [0, 0.05) is 31.6 Å². The highest BCUT2D eigenvalue weighted by Gasteiger charge is 2.49. The van der Waals surface area contributed by atoms with Crippen LogP contribution in [0.4, 0.5) is 14.6 Å². The first kappa shape index (κ1) is 19.2. The van der Waals surface area contributed by atoms with Crippen molar-refractivity contribution in [3.63, 3.8) is 0 Å². The van der Waals surface area contributed by atoms with E-state index in [0.29, 0.717) is 40.7 Å². The molecule has 0 aliphatic carbocycles. The summed E-state index contributed by atoms with van der Waals surface area (Å²) in [6, 6.07) is 7.06. The molecule has 2 fully saturated rings. The lowest BCUT2D eigenvalue weighted by molar-refractivity contribution is 0.0167. The molecule has 10 heteroatoms. The van der Waals surface area contributed by atoms with Gasteiger partial charge in [-0.1, -0.05) is 23.7 Å². The molecular weight excluding hydrogens is 414 g/mol. The summed E-state index contributed by atoms with van der Waals surface area (Å²) < 4.78 is 26.7. The van der Waals surface area contributed by atoms with Crippen LogP contribution in [0.5, 0.6) is 0 Å². The van der Waals surface area contributed by atoms with Crippen molar-refractivity contribution < 1.29 is 13.6 Å². The molecule has 0 unspecified atom stereocenters. The van der Waals surface area contributed by atoms with Crippen LogP contribution in [0.1, 0.15) is 16.8 Å². The highest BCUT2D eigenvalue weighted by atomic mass is 35.5. The molecule has 1 aromatic carbocycles. The molecule has 4 heterocycles. The number of benzene rings is 1. The second kappa shape index (κ2) is 7.16. The molecule has 1 spiro atoms. The third kappa shape index (κ3) is 3.27. The third-order valence-electron chi connectivity index (χ3n) is 5.85. The molecule has 0 bridgehead atoms. The van der Waals surface area contributed by atoms with Gasteiger partial charge in [-0.15, -0.1) is 0 Å². The van der Waals surface area contributed by atoms with Crippen molar-refractivity contribution in [1.29, 1.82) is 0 Å². The summed E-state index contributed by atoms with van der Waals surface area (Å²) in [5.41, 5.74) is 1.38. The molecule has 2 saturated heterocycles. The van der Waals surface area contributed by atoms with Gasteiger partial charge in [-0.3, -0.25) is 4.79 Å². The maximum Gasteiger partial charge on any atom is 0.258 e. The largest absolute Gasteiger partial charge is 0.355 e. The number of amides is 1. The lowest BCUT2D eigenvalue weighted by Crippen LogP contribution is -2.59. The second-order valence-corrected chi connectivity index (χ2v) is 8.37. The minimum atomic E-state index is -2.51. The van der Waals surface area contributed by atoms with E-state index in [2.05, 4.69) is 20.0 Å². The van der Waals surface area contributed by atoms with Gasteiger partial charge < -0.3 is 9.80 Å².